The van der Waals surface area contributed by atoms with Crippen LogP contribution in [0.5, 0.6) is 11.5 Å². The summed E-state index contributed by atoms with van der Waals surface area (Å²) >= 11 is 0. The molecular weight excluding hydrogens is 242 g/mol. The molecule has 1 aliphatic heterocycles. The van der Waals surface area contributed by atoms with Crippen LogP contribution in [0, 0.1) is 17.8 Å². The zero-order valence-electron chi connectivity index (χ0n) is 10.6. The average Bonchev–Trinajstić information content (AvgIpc) is 2.81. The van der Waals surface area contributed by atoms with Gasteiger partial charge >= 0.3 is 0 Å². The van der Waals surface area contributed by atoms with Crippen LogP contribution in [0.2, 0.25) is 0 Å². The van der Waals surface area contributed by atoms with E-state index in [0.717, 1.165) is 29.9 Å². The van der Waals surface area contributed by atoms with Gasteiger partial charge in [-0.2, -0.15) is 0 Å². The number of nitrogens with one attached hydrogen (secondary N) is 1. The van der Waals surface area contributed by atoms with Crippen molar-refractivity contribution in [3.8, 4) is 23.3 Å². The molecule has 0 atom stereocenters. The summed E-state index contributed by atoms with van der Waals surface area (Å²) in [5.74, 6) is 7.33. The molecule has 98 valence electrons. The highest BCUT2D eigenvalue weighted by atomic mass is 16.7. The predicted octanol–water partition coefficient (Wildman–Crippen LogP) is 1.83. The molecule has 1 aromatic carbocycles. The van der Waals surface area contributed by atoms with Gasteiger partial charge < -0.3 is 14.8 Å². The number of carbonyl (C=O) groups excluding carboxylic acids is 1. The quantitative estimate of drug-likeness (QED) is 0.822. The Morgan fingerprint density at radius 3 is 2.95 bits per heavy atom. The SMILES string of the molecule is O=C(C#CC1CCC1)NCc1ccc2c(c1)OCO2. The fraction of sp³-hybridized carbons (Fsp3) is 0.400. The third kappa shape index (κ3) is 2.82. The topological polar surface area (TPSA) is 47.6 Å². The second-order valence-electron chi connectivity index (χ2n) is 4.77. The van der Waals surface area contributed by atoms with Gasteiger partial charge in [-0.3, -0.25) is 4.79 Å². The van der Waals surface area contributed by atoms with E-state index in [4.69, 9.17) is 9.47 Å². The minimum Gasteiger partial charge on any atom is -0.454 e. The molecule has 1 aliphatic carbocycles. The number of benzene rings is 1. The van der Waals surface area contributed by atoms with E-state index in [1.165, 1.54) is 6.42 Å². The van der Waals surface area contributed by atoms with Gasteiger partial charge in [0, 0.05) is 12.5 Å². The van der Waals surface area contributed by atoms with Gasteiger partial charge in [-0.25, -0.2) is 0 Å². The van der Waals surface area contributed by atoms with E-state index >= 15 is 0 Å². The van der Waals surface area contributed by atoms with E-state index in [1.807, 2.05) is 18.2 Å². The highest BCUT2D eigenvalue weighted by Crippen LogP contribution is 2.32. The molecule has 1 aromatic rings. The number of carbonyl (C=O) groups is 1. The molecule has 1 saturated carbocycles. The van der Waals surface area contributed by atoms with Gasteiger partial charge in [0.05, 0.1) is 0 Å². The Morgan fingerprint density at radius 1 is 1.32 bits per heavy atom. The number of hydrogen-bond acceptors (Lipinski definition) is 3. The van der Waals surface area contributed by atoms with Crippen molar-refractivity contribution in [3.05, 3.63) is 23.8 Å². The Bertz CT molecular complexity index is 552. The molecule has 0 bridgehead atoms. The monoisotopic (exact) mass is 257 g/mol. The van der Waals surface area contributed by atoms with Crippen molar-refractivity contribution in [2.24, 2.45) is 5.92 Å². The summed E-state index contributed by atoms with van der Waals surface area (Å²) in [7, 11) is 0. The maximum absolute atomic E-state index is 11.6. The van der Waals surface area contributed by atoms with E-state index in [-0.39, 0.29) is 12.7 Å². The Hall–Kier alpha value is -2.15. The number of ether oxygens (including phenoxy) is 2. The number of hydrogen-bond donors (Lipinski definition) is 1. The number of amides is 1. The lowest BCUT2D eigenvalue weighted by Gasteiger charge is -2.18. The lowest BCUT2D eigenvalue weighted by molar-refractivity contribution is -0.115. The van der Waals surface area contributed by atoms with Crippen molar-refractivity contribution in [2.75, 3.05) is 6.79 Å². The minimum absolute atomic E-state index is 0.218. The molecule has 0 spiro atoms. The summed E-state index contributed by atoms with van der Waals surface area (Å²) < 4.78 is 10.5. The molecule has 1 N–H and O–H groups in total. The first-order chi connectivity index (χ1) is 9.31. The molecule has 3 rings (SSSR count). The molecule has 0 unspecified atom stereocenters. The van der Waals surface area contributed by atoms with E-state index in [0.29, 0.717) is 12.5 Å². The van der Waals surface area contributed by atoms with E-state index in [9.17, 15) is 4.79 Å². The molecule has 2 aliphatic rings. The van der Waals surface area contributed by atoms with Crippen LogP contribution in [0.4, 0.5) is 0 Å². The summed E-state index contributed by atoms with van der Waals surface area (Å²) in [5.41, 5.74) is 0.975. The predicted molar refractivity (Wildman–Crippen MR) is 69.5 cm³/mol. The summed E-state index contributed by atoms with van der Waals surface area (Å²) in [5, 5.41) is 2.78. The van der Waals surface area contributed by atoms with E-state index in [1.54, 1.807) is 0 Å². The largest absolute Gasteiger partial charge is 0.454 e. The Morgan fingerprint density at radius 2 is 2.16 bits per heavy atom. The van der Waals surface area contributed by atoms with Gasteiger partial charge in [-0.1, -0.05) is 18.4 Å². The highest BCUT2D eigenvalue weighted by molar-refractivity contribution is 5.93. The van der Waals surface area contributed by atoms with Gasteiger partial charge in [-0.15, -0.1) is 0 Å². The third-order valence-electron chi connectivity index (χ3n) is 3.39. The zero-order chi connectivity index (χ0) is 13.1. The van der Waals surface area contributed by atoms with Crippen molar-refractivity contribution < 1.29 is 14.3 Å². The molecular formula is C15H15NO3. The zero-order valence-corrected chi connectivity index (χ0v) is 10.6. The second-order valence-corrected chi connectivity index (χ2v) is 4.77. The molecule has 0 radical (unpaired) electrons. The van der Waals surface area contributed by atoms with E-state index < -0.39 is 0 Å². The van der Waals surface area contributed by atoms with Gasteiger partial charge in [0.25, 0.3) is 5.91 Å². The van der Waals surface area contributed by atoms with Crippen LogP contribution in [-0.2, 0) is 11.3 Å². The summed E-state index contributed by atoms with van der Waals surface area (Å²) in [6, 6.07) is 5.64. The van der Waals surface area contributed by atoms with Crippen LogP contribution >= 0.6 is 0 Å². The smallest absolute Gasteiger partial charge is 0.296 e. The molecule has 0 aromatic heterocycles. The molecule has 0 saturated heterocycles. The van der Waals surface area contributed by atoms with Gasteiger partial charge in [0.1, 0.15) is 0 Å². The van der Waals surface area contributed by atoms with Crippen LogP contribution in [0.1, 0.15) is 24.8 Å². The third-order valence-corrected chi connectivity index (χ3v) is 3.39. The second kappa shape index (κ2) is 5.23. The Balaban J connectivity index is 1.53. The fourth-order valence-corrected chi connectivity index (χ4v) is 2.00. The average molecular weight is 257 g/mol. The fourth-order valence-electron chi connectivity index (χ4n) is 2.00. The number of fused-ring (bicyclic) bond motifs is 1. The van der Waals surface area contributed by atoms with Gasteiger partial charge in [0.2, 0.25) is 6.79 Å². The van der Waals surface area contributed by atoms with Crippen molar-refractivity contribution in [1.29, 1.82) is 0 Å². The Kier molecular flexibility index (Phi) is 3.28. The van der Waals surface area contributed by atoms with Crippen molar-refractivity contribution in [3.63, 3.8) is 0 Å². The molecule has 4 heteroatoms. The molecule has 19 heavy (non-hydrogen) atoms. The van der Waals surface area contributed by atoms with Crippen molar-refractivity contribution in [1.82, 2.24) is 5.32 Å². The molecule has 1 amide bonds. The van der Waals surface area contributed by atoms with E-state index in [2.05, 4.69) is 17.2 Å². The number of rotatable bonds is 2. The maximum atomic E-state index is 11.6. The van der Waals surface area contributed by atoms with Crippen LogP contribution in [-0.4, -0.2) is 12.7 Å². The summed E-state index contributed by atoms with van der Waals surface area (Å²) in [4.78, 5) is 11.6. The maximum Gasteiger partial charge on any atom is 0.296 e. The van der Waals surface area contributed by atoms with Crippen LogP contribution in [0.15, 0.2) is 18.2 Å². The normalized spacial score (nSPS) is 16.2. The summed E-state index contributed by atoms with van der Waals surface area (Å²) in [6.45, 7) is 0.715. The summed E-state index contributed by atoms with van der Waals surface area (Å²) in [6.07, 6.45) is 3.49. The first-order valence-corrected chi connectivity index (χ1v) is 6.49. The van der Waals surface area contributed by atoms with Gasteiger partial charge in [-0.05, 0) is 36.5 Å². The van der Waals surface area contributed by atoms with Gasteiger partial charge in [0.15, 0.2) is 11.5 Å². The molecule has 4 nitrogen and oxygen atoms in total. The standard InChI is InChI=1S/C15H15NO3/c17-15(7-5-11-2-1-3-11)16-9-12-4-6-13-14(8-12)19-10-18-13/h4,6,8,11H,1-3,9-10H2,(H,16,17). The lowest BCUT2D eigenvalue weighted by atomic mass is 9.86. The lowest BCUT2D eigenvalue weighted by Crippen LogP contribution is -2.21. The first kappa shape index (κ1) is 11.9. The molecule has 1 heterocycles. The minimum atomic E-state index is -0.218. The van der Waals surface area contributed by atoms with Crippen LogP contribution in [0.3, 0.4) is 0 Å². The highest BCUT2D eigenvalue weighted by Gasteiger charge is 2.15. The molecule has 1 fully saturated rings. The van der Waals surface area contributed by atoms with Crippen LogP contribution in [0.25, 0.3) is 0 Å². The van der Waals surface area contributed by atoms with Crippen LogP contribution < -0.4 is 14.8 Å². The Labute approximate surface area is 112 Å². The van der Waals surface area contributed by atoms with Crippen molar-refractivity contribution in [2.45, 2.75) is 25.8 Å². The van der Waals surface area contributed by atoms with Crippen molar-refractivity contribution >= 4 is 5.91 Å². The first-order valence-electron chi connectivity index (χ1n) is 6.49.